The molecule has 3 nitrogen and oxygen atoms in total. The van der Waals surface area contributed by atoms with Crippen molar-refractivity contribution in [2.45, 2.75) is 32.1 Å². The first-order valence-electron chi connectivity index (χ1n) is 5.57. The molecule has 4 heteroatoms. The average Bonchev–Trinajstić information content (AvgIpc) is 2.58. The van der Waals surface area contributed by atoms with E-state index in [2.05, 4.69) is 21.0 Å². The van der Waals surface area contributed by atoms with Gasteiger partial charge in [-0.25, -0.2) is 4.68 Å². The van der Waals surface area contributed by atoms with Crippen LogP contribution in [-0.4, -0.2) is 16.4 Å². The van der Waals surface area contributed by atoms with Crippen molar-refractivity contribution < 1.29 is 4.74 Å². The van der Waals surface area contributed by atoms with Crippen LogP contribution in [0.3, 0.4) is 0 Å². The summed E-state index contributed by atoms with van der Waals surface area (Å²) >= 11 is 3.43. The Morgan fingerprint density at radius 1 is 1.47 bits per heavy atom. The standard InChI is InChI=1S/C11H17BrN2O/c1-14-11(10(12)7-13-14)15-8-9-5-3-2-4-6-9/h7,9H,2-6,8H2,1H3. The van der Waals surface area contributed by atoms with Crippen LogP contribution in [0.4, 0.5) is 0 Å². The molecular formula is C11H17BrN2O. The molecule has 0 atom stereocenters. The first-order valence-corrected chi connectivity index (χ1v) is 6.37. The van der Waals surface area contributed by atoms with Gasteiger partial charge in [0.2, 0.25) is 5.88 Å². The van der Waals surface area contributed by atoms with Crippen LogP contribution in [0.2, 0.25) is 0 Å². The van der Waals surface area contributed by atoms with Crippen molar-refractivity contribution in [1.82, 2.24) is 9.78 Å². The van der Waals surface area contributed by atoms with E-state index in [9.17, 15) is 0 Å². The third-order valence-corrected chi connectivity index (χ3v) is 3.57. The minimum Gasteiger partial charge on any atom is -0.477 e. The van der Waals surface area contributed by atoms with Crippen molar-refractivity contribution in [3.8, 4) is 5.88 Å². The lowest BCUT2D eigenvalue weighted by Crippen LogP contribution is -2.16. The van der Waals surface area contributed by atoms with E-state index >= 15 is 0 Å². The van der Waals surface area contributed by atoms with Crippen molar-refractivity contribution in [3.05, 3.63) is 10.7 Å². The van der Waals surface area contributed by atoms with Gasteiger partial charge in [-0.3, -0.25) is 0 Å². The van der Waals surface area contributed by atoms with Crippen molar-refractivity contribution in [2.75, 3.05) is 6.61 Å². The molecule has 0 spiro atoms. The summed E-state index contributed by atoms with van der Waals surface area (Å²) in [6.45, 7) is 0.831. The quantitative estimate of drug-likeness (QED) is 0.846. The minimum absolute atomic E-state index is 0.737. The SMILES string of the molecule is Cn1ncc(Br)c1OCC1CCCCC1. The Kier molecular flexibility index (Phi) is 3.67. The molecule has 0 radical (unpaired) electrons. The first kappa shape index (κ1) is 11.0. The summed E-state index contributed by atoms with van der Waals surface area (Å²) in [5.74, 6) is 1.58. The topological polar surface area (TPSA) is 27.1 Å². The molecule has 0 amide bonds. The van der Waals surface area contributed by atoms with Crippen LogP contribution >= 0.6 is 15.9 Å². The molecule has 1 aromatic rings. The van der Waals surface area contributed by atoms with Crippen molar-refractivity contribution >= 4 is 15.9 Å². The Hall–Kier alpha value is -0.510. The summed E-state index contributed by atoms with van der Waals surface area (Å²) in [6.07, 6.45) is 8.52. The molecule has 1 fully saturated rings. The number of nitrogens with zero attached hydrogens (tertiary/aromatic N) is 2. The Morgan fingerprint density at radius 2 is 2.20 bits per heavy atom. The van der Waals surface area contributed by atoms with Gasteiger partial charge in [0.05, 0.1) is 17.3 Å². The molecule has 0 aliphatic heterocycles. The number of hydrogen-bond donors (Lipinski definition) is 0. The zero-order valence-electron chi connectivity index (χ0n) is 9.08. The van der Waals surface area contributed by atoms with Crippen LogP contribution in [0.15, 0.2) is 10.7 Å². The zero-order chi connectivity index (χ0) is 10.7. The number of ether oxygens (including phenoxy) is 1. The fourth-order valence-electron chi connectivity index (χ4n) is 2.11. The van der Waals surface area contributed by atoms with Gasteiger partial charge in [0, 0.05) is 7.05 Å². The summed E-state index contributed by atoms with van der Waals surface area (Å²) in [5.41, 5.74) is 0. The molecule has 2 rings (SSSR count). The normalized spacial score (nSPS) is 18.0. The monoisotopic (exact) mass is 272 g/mol. The van der Waals surface area contributed by atoms with Gasteiger partial charge in [-0.1, -0.05) is 19.3 Å². The molecule has 0 saturated heterocycles. The molecule has 1 aliphatic carbocycles. The number of hydrogen-bond acceptors (Lipinski definition) is 2. The Morgan fingerprint density at radius 3 is 2.80 bits per heavy atom. The number of aryl methyl sites for hydroxylation is 1. The fraction of sp³-hybridized carbons (Fsp3) is 0.727. The molecule has 1 saturated carbocycles. The second-order valence-corrected chi connectivity index (χ2v) is 5.09. The molecule has 1 aliphatic rings. The first-order chi connectivity index (χ1) is 7.27. The molecule has 1 aromatic heterocycles. The Bertz CT molecular complexity index is 299. The van der Waals surface area contributed by atoms with Crippen LogP contribution in [-0.2, 0) is 7.05 Å². The van der Waals surface area contributed by atoms with E-state index in [1.807, 2.05) is 7.05 Å². The van der Waals surface area contributed by atoms with Crippen molar-refractivity contribution in [3.63, 3.8) is 0 Å². The molecule has 0 N–H and O–H groups in total. The molecule has 0 unspecified atom stereocenters. The Labute approximate surface area is 98.9 Å². The maximum atomic E-state index is 5.80. The summed E-state index contributed by atoms with van der Waals surface area (Å²) in [6, 6.07) is 0. The molecular weight excluding hydrogens is 256 g/mol. The number of aromatic nitrogens is 2. The summed E-state index contributed by atoms with van der Waals surface area (Å²) in [4.78, 5) is 0. The summed E-state index contributed by atoms with van der Waals surface area (Å²) < 4.78 is 8.52. The van der Waals surface area contributed by atoms with Crippen LogP contribution in [0.1, 0.15) is 32.1 Å². The minimum atomic E-state index is 0.737. The summed E-state index contributed by atoms with van der Waals surface area (Å²) in [7, 11) is 1.90. The average molecular weight is 273 g/mol. The molecule has 15 heavy (non-hydrogen) atoms. The van der Waals surface area contributed by atoms with Gasteiger partial charge >= 0.3 is 0 Å². The van der Waals surface area contributed by atoms with E-state index in [4.69, 9.17) is 4.74 Å². The molecule has 0 aromatic carbocycles. The van der Waals surface area contributed by atoms with Crippen LogP contribution in [0, 0.1) is 5.92 Å². The molecule has 0 bridgehead atoms. The maximum Gasteiger partial charge on any atom is 0.226 e. The lowest BCUT2D eigenvalue weighted by molar-refractivity contribution is 0.195. The van der Waals surface area contributed by atoms with E-state index in [0.717, 1.165) is 22.9 Å². The van der Waals surface area contributed by atoms with Gasteiger partial charge in [-0.15, -0.1) is 0 Å². The van der Waals surface area contributed by atoms with E-state index in [-0.39, 0.29) is 0 Å². The Balaban J connectivity index is 1.87. The van der Waals surface area contributed by atoms with Gasteiger partial charge in [0.1, 0.15) is 0 Å². The third kappa shape index (κ3) is 2.74. The summed E-state index contributed by atoms with van der Waals surface area (Å²) in [5, 5.41) is 4.12. The van der Waals surface area contributed by atoms with Gasteiger partial charge in [-0.05, 0) is 34.7 Å². The van der Waals surface area contributed by atoms with Crippen molar-refractivity contribution in [2.24, 2.45) is 13.0 Å². The highest BCUT2D eigenvalue weighted by Crippen LogP contribution is 2.27. The van der Waals surface area contributed by atoms with Crippen LogP contribution in [0.25, 0.3) is 0 Å². The second-order valence-electron chi connectivity index (χ2n) is 4.24. The third-order valence-electron chi connectivity index (χ3n) is 3.02. The van der Waals surface area contributed by atoms with Crippen LogP contribution < -0.4 is 4.74 Å². The van der Waals surface area contributed by atoms with Crippen LogP contribution in [0.5, 0.6) is 5.88 Å². The van der Waals surface area contributed by atoms with Gasteiger partial charge in [0.15, 0.2) is 0 Å². The molecule has 84 valence electrons. The lowest BCUT2D eigenvalue weighted by atomic mass is 9.90. The highest BCUT2D eigenvalue weighted by Gasteiger charge is 2.15. The fourth-order valence-corrected chi connectivity index (χ4v) is 2.58. The van der Waals surface area contributed by atoms with E-state index in [1.54, 1.807) is 10.9 Å². The van der Waals surface area contributed by atoms with Gasteiger partial charge in [0.25, 0.3) is 0 Å². The largest absolute Gasteiger partial charge is 0.477 e. The number of halogens is 1. The maximum absolute atomic E-state index is 5.80. The predicted molar refractivity (Wildman–Crippen MR) is 63.0 cm³/mol. The van der Waals surface area contributed by atoms with E-state index in [1.165, 1.54) is 32.1 Å². The van der Waals surface area contributed by atoms with Gasteiger partial charge < -0.3 is 4.74 Å². The zero-order valence-corrected chi connectivity index (χ0v) is 10.7. The van der Waals surface area contributed by atoms with E-state index in [0.29, 0.717) is 0 Å². The van der Waals surface area contributed by atoms with Crippen molar-refractivity contribution in [1.29, 1.82) is 0 Å². The molecule has 1 heterocycles. The second kappa shape index (κ2) is 5.01. The highest BCUT2D eigenvalue weighted by atomic mass is 79.9. The predicted octanol–water partition coefficient (Wildman–Crippen LogP) is 3.14. The van der Waals surface area contributed by atoms with E-state index < -0.39 is 0 Å². The number of rotatable bonds is 3. The highest BCUT2D eigenvalue weighted by molar-refractivity contribution is 9.10. The lowest BCUT2D eigenvalue weighted by Gasteiger charge is -2.21. The smallest absolute Gasteiger partial charge is 0.226 e. The van der Waals surface area contributed by atoms with Gasteiger partial charge in [-0.2, -0.15) is 5.10 Å².